The predicted octanol–water partition coefficient (Wildman–Crippen LogP) is 1.71. The van der Waals surface area contributed by atoms with Crippen LogP contribution in [0.1, 0.15) is 40.6 Å². The SMILES string of the molecule is Cc1cc(CN(CCCO)Cc2cc(C)n(Cc3cc(C)n(C)n3)n2)nn1C. The van der Waals surface area contributed by atoms with E-state index in [9.17, 15) is 5.11 Å². The molecule has 3 aromatic rings. The van der Waals surface area contributed by atoms with E-state index in [-0.39, 0.29) is 6.61 Å². The fraction of sp³-hybridized carbons (Fsp3) is 0.550. The fourth-order valence-electron chi connectivity index (χ4n) is 3.36. The molecule has 8 nitrogen and oxygen atoms in total. The minimum Gasteiger partial charge on any atom is -0.396 e. The Balaban J connectivity index is 1.71. The summed E-state index contributed by atoms with van der Waals surface area (Å²) in [4.78, 5) is 2.29. The van der Waals surface area contributed by atoms with Gasteiger partial charge in [-0.15, -0.1) is 0 Å². The van der Waals surface area contributed by atoms with Gasteiger partial charge in [-0.05, 0) is 45.4 Å². The van der Waals surface area contributed by atoms with Gasteiger partial charge in [-0.25, -0.2) is 0 Å². The molecular formula is C20H31N7O. The van der Waals surface area contributed by atoms with Gasteiger partial charge < -0.3 is 5.11 Å². The highest BCUT2D eigenvalue weighted by Gasteiger charge is 2.14. The lowest BCUT2D eigenvalue weighted by atomic mass is 10.3. The minimum absolute atomic E-state index is 0.185. The van der Waals surface area contributed by atoms with Crippen LogP contribution in [0.5, 0.6) is 0 Å². The third kappa shape index (κ3) is 4.88. The van der Waals surface area contributed by atoms with Crippen molar-refractivity contribution < 1.29 is 5.11 Å². The van der Waals surface area contributed by atoms with E-state index in [2.05, 4.69) is 54.1 Å². The molecular weight excluding hydrogens is 354 g/mol. The van der Waals surface area contributed by atoms with E-state index in [0.717, 1.165) is 60.2 Å². The van der Waals surface area contributed by atoms with Gasteiger partial charge in [0.2, 0.25) is 0 Å². The van der Waals surface area contributed by atoms with E-state index in [4.69, 9.17) is 5.10 Å². The molecule has 3 rings (SSSR count). The Morgan fingerprint density at radius 2 is 1.36 bits per heavy atom. The molecule has 0 saturated carbocycles. The summed E-state index contributed by atoms with van der Waals surface area (Å²) in [5, 5.41) is 23.1. The molecule has 0 bridgehead atoms. The van der Waals surface area contributed by atoms with Gasteiger partial charge in [0.05, 0.1) is 23.6 Å². The quantitative estimate of drug-likeness (QED) is 0.607. The molecule has 0 radical (unpaired) electrons. The largest absolute Gasteiger partial charge is 0.396 e. The third-order valence-electron chi connectivity index (χ3n) is 5.08. The molecule has 0 aliphatic heterocycles. The Labute approximate surface area is 166 Å². The van der Waals surface area contributed by atoms with Gasteiger partial charge in [-0.3, -0.25) is 18.9 Å². The van der Waals surface area contributed by atoms with Crippen LogP contribution < -0.4 is 0 Å². The van der Waals surface area contributed by atoms with Crippen molar-refractivity contribution in [1.82, 2.24) is 34.2 Å². The molecule has 0 amide bonds. The van der Waals surface area contributed by atoms with E-state index in [1.807, 2.05) is 28.1 Å². The van der Waals surface area contributed by atoms with Gasteiger partial charge in [-0.1, -0.05) is 0 Å². The molecule has 0 spiro atoms. The van der Waals surface area contributed by atoms with E-state index in [1.54, 1.807) is 0 Å². The fourth-order valence-corrected chi connectivity index (χ4v) is 3.36. The zero-order valence-electron chi connectivity index (χ0n) is 17.6. The highest BCUT2D eigenvalue weighted by molar-refractivity contribution is 5.14. The summed E-state index contributed by atoms with van der Waals surface area (Å²) in [6.07, 6.45) is 0.735. The molecule has 0 fully saturated rings. The van der Waals surface area contributed by atoms with Gasteiger partial charge in [0.1, 0.15) is 0 Å². The van der Waals surface area contributed by atoms with Crippen molar-refractivity contribution in [2.24, 2.45) is 14.1 Å². The number of hydrogen-bond donors (Lipinski definition) is 1. The van der Waals surface area contributed by atoms with Gasteiger partial charge in [-0.2, -0.15) is 15.3 Å². The Morgan fingerprint density at radius 3 is 1.89 bits per heavy atom. The zero-order chi connectivity index (χ0) is 20.3. The van der Waals surface area contributed by atoms with Crippen LogP contribution in [0.2, 0.25) is 0 Å². The molecule has 0 aliphatic carbocycles. The first-order chi connectivity index (χ1) is 13.4. The van der Waals surface area contributed by atoms with Crippen LogP contribution in [0, 0.1) is 20.8 Å². The van der Waals surface area contributed by atoms with Crippen LogP contribution in [0.4, 0.5) is 0 Å². The van der Waals surface area contributed by atoms with Crippen molar-refractivity contribution in [2.45, 2.75) is 46.8 Å². The van der Waals surface area contributed by atoms with E-state index >= 15 is 0 Å². The number of nitrogens with zero attached hydrogens (tertiary/aromatic N) is 7. The summed E-state index contributed by atoms with van der Waals surface area (Å²) in [7, 11) is 3.92. The first-order valence-corrected chi connectivity index (χ1v) is 9.71. The summed E-state index contributed by atoms with van der Waals surface area (Å²) in [6, 6.07) is 6.34. The summed E-state index contributed by atoms with van der Waals surface area (Å²) < 4.78 is 5.79. The standard InChI is InChI=1S/C20H31N7O/c1-15-9-18(21-24(15)4)12-26(7-6-8-28)13-19-11-17(3)27(23-19)14-20-10-16(2)25(5)22-20/h9-11,28H,6-8,12-14H2,1-5H3. The lowest BCUT2D eigenvalue weighted by Gasteiger charge is -2.19. The maximum Gasteiger partial charge on any atom is 0.0853 e. The maximum atomic E-state index is 9.26. The number of aromatic nitrogens is 6. The second kappa shape index (κ2) is 8.70. The summed E-state index contributed by atoms with van der Waals surface area (Å²) >= 11 is 0. The number of aliphatic hydroxyl groups excluding tert-OH is 1. The van der Waals surface area contributed by atoms with Crippen molar-refractivity contribution in [2.75, 3.05) is 13.2 Å². The Bertz CT molecular complexity index is 882. The summed E-state index contributed by atoms with van der Waals surface area (Å²) in [5.41, 5.74) is 6.48. The Kier molecular flexibility index (Phi) is 6.31. The molecule has 0 aromatic carbocycles. The van der Waals surface area contributed by atoms with Gasteiger partial charge in [0.25, 0.3) is 0 Å². The lowest BCUT2D eigenvalue weighted by Crippen LogP contribution is -2.25. The Hall–Kier alpha value is -2.45. The smallest absolute Gasteiger partial charge is 0.0853 e. The molecule has 0 saturated heterocycles. The monoisotopic (exact) mass is 385 g/mol. The molecule has 0 aliphatic rings. The number of hydrogen-bond acceptors (Lipinski definition) is 5. The van der Waals surface area contributed by atoms with Crippen molar-refractivity contribution in [3.05, 3.63) is 52.4 Å². The van der Waals surface area contributed by atoms with Crippen molar-refractivity contribution in [3.63, 3.8) is 0 Å². The summed E-state index contributed by atoms with van der Waals surface area (Å²) in [5.74, 6) is 0. The highest BCUT2D eigenvalue weighted by Crippen LogP contribution is 2.13. The van der Waals surface area contributed by atoms with Crippen molar-refractivity contribution in [3.8, 4) is 0 Å². The second-order valence-electron chi connectivity index (χ2n) is 7.52. The Morgan fingerprint density at radius 1 is 0.821 bits per heavy atom. The molecule has 3 aromatic heterocycles. The van der Waals surface area contributed by atoms with Gasteiger partial charge >= 0.3 is 0 Å². The molecule has 152 valence electrons. The van der Waals surface area contributed by atoms with Crippen molar-refractivity contribution >= 4 is 0 Å². The minimum atomic E-state index is 0.185. The molecule has 8 heteroatoms. The maximum absolute atomic E-state index is 9.26. The van der Waals surface area contributed by atoms with Crippen LogP contribution in [-0.4, -0.2) is 52.5 Å². The van der Waals surface area contributed by atoms with Crippen LogP contribution >= 0.6 is 0 Å². The average molecular weight is 386 g/mol. The normalized spacial score (nSPS) is 11.7. The first-order valence-electron chi connectivity index (χ1n) is 9.71. The predicted molar refractivity (Wildman–Crippen MR) is 108 cm³/mol. The molecule has 1 N–H and O–H groups in total. The van der Waals surface area contributed by atoms with Gasteiger partial charge in [0, 0.05) is 57.4 Å². The van der Waals surface area contributed by atoms with E-state index < -0.39 is 0 Å². The van der Waals surface area contributed by atoms with Gasteiger partial charge in [0.15, 0.2) is 0 Å². The zero-order valence-corrected chi connectivity index (χ0v) is 17.6. The second-order valence-corrected chi connectivity index (χ2v) is 7.52. The average Bonchev–Trinajstić information content (AvgIpc) is 3.24. The number of aliphatic hydroxyl groups is 1. The van der Waals surface area contributed by atoms with Crippen LogP contribution in [0.25, 0.3) is 0 Å². The molecule has 0 atom stereocenters. The number of rotatable bonds is 9. The molecule has 28 heavy (non-hydrogen) atoms. The first kappa shape index (κ1) is 20.3. The molecule has 3 heterocycles. The van der Waals surface area contributed by atoms with E-state index in [0.29, 0.717) is 6.54 Å². The lowest BCUT2D eigenvalue weighted by molar-refractivity contribution is 0.208. The third-order valence-corrected chi connectivity index (χ3v) is 5.08. The van der Waals surface area contributed by atoms with E-state index in [1.165, 1.54) is 0 Å². The topological polar surface area (TPSA) is 76.9 Å². The van der Waals surface area contributed by atoms with Crippen LogP contribution in [0.15, 0.2) is 18.2 Å². The highest BCUT2D eigenvalue weighted by atomic mass is 16.3. The summed E-state index contributed by atoms with van der Waals surface area (Å²) in [6.45, 7) is 9.31. The van der Waals surface area contributed by atoms with Crippen LogP contribution in [0.3, 0.4) is 0 Å². The molecule has 0 unspecified atom stereocenters. The van der Waals surface area contributed by atoms with Crippen LogP contribution in [-0.2, 0) is 33.7 Å². The number of aryl methyl sites for hydroxylation is 5. The van der Waals surface area contributed by atoms with Crippen molar-refractivity contribution in [1.29, 1.82) is 0 Å².